The summed E-state index contributed by atoms with van der Waals surface area (Å²) in [5.74, 6) is 0. The fourth-order valence-electron chi connectivity index (χ4n) is 5.55. The Hall–Kier alpha value is -5.67. The molecule has 0 N–H and O–H groups in total. The van der Waals surface area contributed by atoms with E-state index in [1.165, 1.54) is 0 Å². The van der Waals surface area contributed by atoms with Crippen LogP contribution in [0.25, 0.3) is 67.3 Å². The van der Waals surface area contributed by atoms with Crippen LogP contribution < -0.4 is 0 Å². The number of nitrogens with zero attached hydrogens (tertiary/aromatic N) is 3. The minimum Gasteiger partial charge on any atom is -0.256 e. The van der Waals surface area contributed by atoms with Gasteiger partial charge in [0.15, 0.2) is 0 Å². The molecule has 0 unspecified atom stereocenters. The second-order valence-corrected chi connectivity index (χ2v) is 10.0. The van der Waals surface area contributed by atoms with Crippen LogP contribution in [-0.2, 0) is 0 Å². The lowest BCUT2D eigenvalue weighted by Crippen LogP contribution is -2.03. The normalized spacial score (nSPS) is 10.9. The quantitative estimate of drug-likeness (QED) is 0.212. The smallest absolute Gasteiger partial charge is 0.100 e. The summed E-state index contributed by atoms with van der Waals surface area (Å²) >= 11 is 0. The summed E-state index contributed by atoms with van der Waals surface area (Å²) in [6, 6.07) is 52.1. The molecule has 4 aromatic carbocycles. The van der Waals surface area contributed by atoms with Crippen LogP contribution in [0.2, 0.25) is 0 Å². The first-order valence-corrected chi connectivity index (χ1v) is 14.0. The van der Waals surface area contributed by atoms with Crippen molar-refractivity contribution in [2.24, 2.45) is 0 Å². The van der Waals surface area contributed by atoms with E-state index in [2.05, 4.69) is 121 Å². The summed E-state index contributed by atoms with van der Waals surface area (Å²) in [4.78, 5) is 15.4. The minimum absolute atomic E-state index is 0.797. The van der Waals surface area contributed by atoms with E-state index in [1.54, 1.807) is 0 Å². The standard InChI is InChI=1S/C39H27N3/c1-5-16-28(17-6-1)32-24-15-27-41-38(32)39-36(33-25-13-14-26-40-33)34(29-18-7-2-8-19-29)35(30-20-9-3-10-21-30)37(42-39)31-22-11-4-12-23-31/h1-27H. The van der Waals surface area contributed by atoms with Gasteiger partial charge in [-0.2, -0.15) is 0 Å². The average Bonchev–Trinajstić information content (AvgIpc) is 3.09. The van der Waals surface area contributed by atoms with E-state index in [1.807, 2.05) is 42.7 Å². The van der Waals surface area contributed by atoms with E-state index in [4.69, 9.17) is 15.0 Å². The Bertz CT molecular complexity index is 1940. The summed E-state index contributed by atoms with van der Waals surface area (Å²) in [7, 11) is 0. The van der Waals surface area contributed by atoms with Crippen LogP contribution in [0.4, 0.5) is 0 Å². The van der Waals surface area contributed by atoms with E-state index < -0.39 is 0 Å². The fraction of sp³-hybridized carbons (Fsp3) is 0. The Labute approximate surface area is 245 Å². The maximum absolute atomic E-state index is 5.54. The third-order valence-electron chi connectivity index (χ3n) is 7.41. The van der Waals surface area contributed by atoms with Crippen molar-refractivity contribution in [2.45, 2.75) is 0 Å². The molecule has 3 heteroatoms. The highest BCUT2D eigenvalue weighted by Crippen LogP contribution is 2.48. The molecule has 0 amide bonds. The molecule has 0 spiro atoms. The van der Waals surface area contributed by atoms with Crippen molar-refractivity contribution in [3.05, 3.63) is 164 Å². The second kappa shape index (κ2) is 11.4. The molecule has 0 bridgehead atoms. The molecule has 7 aromatic rings. The van der Waals surface area contributed by atoms with Crippen LogP contribution in [0.1, 0.15) is 0 Å². The van der Waals surface area contributed by atoms with Crippen molar-refractivity contribution in [3.8, 4) is 67.3 Å². The van der Waals surface area contributed by atoms with Crippen molar-refractivity contribution in [1.82, 2.24) is 15.0 Å². The van der Waals surface area contributed by atoms with Crippen LogP contribution in [0.3, 0.4) is 0 Å². The Kier molecular flexibility index (Phi) is 6.89. The molecule has 0 aliphatic carbocycles. The van der Waals surface area contributed by atoms with Crippen molar-refractivity contribution < 1.29 is 0 Å². The van der Waals surface area contributed by atoms with E-state index in [0.29, 0.717) is 0 Å². The molecule has 0 aliphatic rings. The zero-order valence-corrected chi connectivity index (χ0v) is 22.9. The first-order valence-electron chi connectivity index (χ1n) is 14.0. The predicted molar refractivity (Wildman–Crippen MR) is 172 cm³/mol. The lowest BCUT2D eigenvalue weighted by Gasteiger charge is -2.23. The first kappa shape index (κ1) is 25.3. The van der Waals surface area contributed by atoms with Crippen molar-refractivity contribution in [3.63, 3.8) is 0 Å². The van der Waals surface area contributed by atoms with Crippen LogP contribution in [0.5, 0.6) is 0 Å². The van der Waals surface area contributed by atoms with Crippen LogP contribution in [-0.4, -0.2) is 15.0 Å². The lowest BCUT2D eigenvalue weighted by molar-refractivity contribution is 1.23. The third kappa shape index (κ3) is 4.78. The van der Waals surface area contributed by atoms with E-state index in [0.717, 1.165) is 67.3 Å². The van der Waals surface area contributed by atoms with Gasteiger partial charge in [-0.05, 0) is 34.9 Å². The number of benzene rings is 4. The molecule has 0 aliphatic heterocycles. The number of hydrogen-bond acceptors (Lipinski definition) is 3. The molecule has 42 heavy (non-hydrogen) atoms. The predicted octanol–water partition coefficient (Wildman–Crippen LogP) is 9.87. The van der Waals surface area contributed by atoms with Gasteiger partial charge < -0.3 is 0 Å². The number of hydrogen-bond donors (Lipinski definition) is 0. The van der Waals surface area contributed by atoms with Crippen molar-refractivity contribution in [2.75, 3.05) is 0 Å². The molecular formula is C39H27N3. The SMILES string of the molecule is c1ccc(-c2cccnc2-c2nc(-c3ccccc3)c(-c3ccccc3)c(-c3ccccc3)c2-c2ccccn2)cc1. The molecule has 0 radical (unpaired) electrons. The summed E-state index contributed by atoms with van der Waals surface area (Å²) in [6.45, 7) is 0. The lowest BCUT2D eigenvalue weighted by atomic mass is 9.84. The van der Waals surface area contributed by atoms with Crippen LogP contribution in [0.15, 0.2) is 164 Å². The van der Waals surface area contributed by atoms with Gasteiger partial charge in [-0.1, -0.05) is 133 Å². The zero-order chi connectivity index (χ0) is 28.1. The molecule has 3 nitrogen and oxygen atoms in total. The first-order chi connectivity index (χ1) is 20.9. The monoisotopic (exact) mass is 537 g/mol. The number of aromatic nitrogens is 3. The molecule has 3 heterocycles. The van der Waals surface area contributed by atoms with Gasteiger partial charge in [0.1, 0.15) is 5.69 Å². The molecular weight excluding hydrogens is 510 g/mol. The topological polar surface area (TPSA) is 38.7 Å². The van der Waals surface area contributed by atoms with Crippen LogP contribution in [0, 0.1) is 0 Å². The third-order valence-corrected chi connectivity index (χ3v) is 7.41. The molecule has 7 rings (SSSR count). The van der Waals surface area contributed by atoms with E-state index in [-0.39, 0.29) is 0 Å². The van der Waals surface area contributed by atoms with Gasteiger partial charge in [0.2, 0.25) is 0 Å². The maximum Gasteiger partial charge on any atom is 0.100 e. The fourth-order valence-corrected chi connectivity index (χ4v) is 5.55. The Morgan fingerprint density at radius 2 is 0.833 bits per heavy atom. The minimum atomic E-state index is 0.797. The Morgan fingerprint density at radius 3 is 1.43 bits per heavy atom. The molecule has 198 valence electrons. The van der Waals surface area contributed by atoms with Gasteiger partial charge >= 0.3 is 0 Å². The highest BCUT2D eigenvalue weighted by atomic mass is 14.8. The Balaban J connectivity index is 1.69. The molecule has 0 atom stereocenters. The van der Waals surface area contributed by atoms with Gasteiger partial charge in [0.05, 0.1) is 17.1 Å². The molecule has 0 saturated carbocycles. The maximum atomic E-state index is 5.54. The van der Waals surface area contributed by atoms with E-state index in [9.17, 15) is 0 Å². The van der Waals surface area contributed by atoms with Crippen LogP contribution >= 0.6 is 0 Å². The summed E-state index contributed by atoms with van der Waals surface area (Å²) in [6.07, 6.45) is 3.69. The van der Waals surface area contributed by atoms with Gasteiger partial charge in [0, 0.05) is 40.2 Å². The number of rotatable bonds is 6. The summed E-state index contributed by atoms with van der Waals surface area (Å²) in [5.41, 5.74) is 11.8. The van der Waals surface area contributed by atoms with Gasteiger partial charge in [0.25, 0.3) is 0 Å². The highest BCUT2D eigenvalue weighted by Gasteiger charge is 2.27. The largest absolute Gasteiger partial charge is 0.256 e. The summed E-state index contributed by atoms with van der Waals surface area (Å²) in [5, 5.41) is 0. The van der Waals surface area contributed by atoms with Gasteiger partial charge in [-0.3, -0.25) is 9.97 Å². The van der Waals surface area contributed by atoms with Gasteiger partial charge in [-0.15, -0.1) is 0 Å². The number of pyridine rings is 3. The highest BCUT2D eigenvalue weighted by molar-refractivity contribution is 6.05. The molecule has 3 aromatic heterocycles. The second-order valence-electron chi connectivity index (χ2n) is 10.0. The average molecular weight is 538 g/mol. The van der Waals surface area contributed by atoms with Crippen molar-refractivity contribution >= 4 is 0 Å². The summed E-state index contributed by atoms with van der Waals surface area (Å²) < 4.78 is 0. The van der Waals surface area contributed by atoms with E-state index >= 15 is 0 Å². The van der Waals surface area contributed by atoms with Crippen molar-refractivity contribution in [1.29, 1.82) is 0 Å². The molecule has 0 fully saturated rings. The Morgan fingerprint density at radius 1 is 0.310 bits per heavy atom. The zero-order valence-electron chi connectivity index (χ0n) is 22.9. The molecule has 0 saturated heterocycles. The van der Waals surface area contributed by atoms with Gasteiger partial charge in [-0.25, -0.2) is 4.98 Å².